The van der Waals surface area contributed by atoms with Crippen LogP contribution in [-0.2, 0) is 25.7 Å². The number of amides is 2. The Hall–Kier alpha value is -2.45. The molecule has 0 unspecified atom stereocenters. The zero-order valence-electron chi connectivity index (χ0n) is 16.1. The molecule has 0 aliphatic carbocycles. The fraction of sp³-hybridized carbons (Fsp3) is 0.333. The minimum atomic E-state index is -1.16. The standard InChI is InChI=1S/C21H20F2N2O3S/c1-13-3-6-18-15(9-13)21(25(7-8-29-21)19(26)12-28-2)20(27)24(18)11-14-4-5-16(22)17(23)10-14/h3-6,9-10H,7-8,11-12H2,1-2H3/t21-/m1/s1. The number of fused-ring (bicyclic) bond motifs is 2. The highest BCUT2D eigenvalue weighted by Gasteiger charge is 2.59. The van der Waals surface area contributed by atoms with E-state index >= 15 is 0 Å². The summed E-state index contributed by atoms with van der Waals surface area (Å²) in [5, 5.41) is 0. The van der Waals surface area contributed by atoms with E-state index in [4.69, 9.17) is 4.74 Å². The van der Waals surface area contributed by atoms with E-state index in [0.717, 1.165) is 23.3 Å². The number of ether oxygens (including phenoxy) is 1. The largest absolute Gasteiger partial charge is 0.375 e. The van der Waals surface area contributed by atoms with Gasteiger partial charge in [-0.05, 0) is 30.7 Å². The number of aryl methyl sites for hydroxylation is 1. The first kappa shape index (κ1) is 19.8. The van der Waals surface area contributed by atoms with Crippen molar-refractivity contribution in [3.63, 3.8) is 0 Å². The highest BCUT2D eigenvalue weighted by Crippen LogP contribution is 2.54. The van der Waals surface area contributed by atoms with Crippen LogP contribution >= 0.6 is 11.8 Å². The molecule has 2 aromatic carbocycles. The number of rotatable bonds is 4. The molecule has 0 N–H and O–H groups in total. The second-order valence-corrected chi connectivity index (χ2v) is 8.42. The number of hydrogen-bond acceptors (Lipinski definition) is 4. The van der Waals surface area contributed by atoms with Gasteiger partial charge in [-0.25, -0.2) is 8.78 Å². The molecule has 2 aliphatic rings. The predicted octanol–water partition coefficient (Wildman–Crippen LogP) is 3.19. The third-order valence-electron chi connectivity index (χ3n) is 5.24. The Morgan fingerprint density at radius 3 is 2.72 bits per heavy atom. The van der Waals surface area contributed by atoms with Gasteiger partial charge in [-0.15, -0.1) is 11.8 Å². The van der Waals surface area contributed by atoms with Crippen molar-refractivity contribution in [1.82, 2.24) is 4.90 Å². The number of hydrogen-bond donors (Lipinski definition) is 0. The van der Waals surface area contributed by atoms with Crippen molar-refractivity contribution in [2.24, 2.45) is 0 Å². The van der Waals surface area contributed by atoms with Crippen molar-refractivity contribution >= 4 is 29.3 Å². The molecule has 0 aromatic heterocycles. The lowest BCUT2D eigenvalue weighted by atomic mass is 10.0. The number of carbonyl (C=O) groups is 2. The molecule has 0 radical (unpaired) electrons. The van der Waals surface area contributed by atoms with E-state index in [2.05, 4.69) is 0 Å². The lowest BCUT2D eigenvalue weighted by molar-refractivity contribution is -0.143. The average Bonchev–Trinajstić information content (AvgIpc) is 3.22. The summed E-state index contributed by atoms with van der Waals surface area (Å²) in [7, 11) is 1.44. The normalized spacial score (nSPS) is 20.6. The van der Waals surface area contributed by atoms with Crippen molar-refractivity contribution in [2.75, 3.05) is 30.9 Å². The Bertz CT molecular complexity index is 1000. The summed E-state index contributed by atoms with van der Waals surface area (Å²) in [5.74, 6) is -1.78. The van der Waals surface area contributed by atoms with E-state index in [1.165, 1.54) is 24.9 Å². The fourth-order valence-electron chi connectivity index (χ4n) is 3.96. The molecule has 5 nitrogen and oxygen atoms in total. The number of methoxy groups -OCH3 is 1. The van der Waals surface area contributed by atoms with Crippen LogP contribution in [0.2, 0.25) is 0 Å². The van der Waals surface area contributed by atoms with Gasteiger partial charge < -0.3 is 14.5 Å². The van der Waals surface area contributed by atoms with Gasteiger partial charge >= 0.3 is 0 Å². The summed E-state index contributed by atoms with van der Waals surface area (Å²) in [6.07, 6.45) is 0. The second-order valence-electron chi connectivity index (χ2n) is 7.13. The molecular weight excluding hydrogens is 398 g/mol. The lowest BCUT2D eigenvalue weighted by Crippen LogP contribution is -2.51. The Kier molecular flexibility index (Phi) is 5.08. The molecule has 2 aromatic rings. The van der Waals surface area contributed by atoms with E-state index < -0.39 is 16.5 Å². The maximum atomic E-state index is 13.7. The minimum Gasteiger partial charge on any atom is -0.375 e. The predicted molar refractivity (Wildman–Crippen MR) is 106 cm³/mol. The monoisotopic (exact) mass is 418 g/mol. The SMILES string of the molecule is COCC(=O)N1CCS[C@]12C(=O)N(Cc1ccc(F)c(F)c1)c1ccc(C)cc12. The first-order valence-corrected chi connectivity index (χ1v) is 10.2. The van der Waals surface area contributed by atoms with Crippen LogP contribution in [0.4, 0.5) is 14.5 Å². The molecule has 2 heterocycles. The zero-order valence-corrected chi connectivity index (χ0v) is 16.9. The van der Waals surface area contributed by atoms with Gasteiger partial charge in [0.05, 0.1) is 12.2 Å². The van der Waals surface area contributed by atoms with Gasteiger partial charge in [-0.2, -0.15) is 0 Å². The highest BCUT2D eigenvalue weighted by molar-refractivity contribution is 8.01. The number of thioether (sulfide) groups is 1. The molecule has 4 rings (SSSR count). The van der Waals surface area contributed by atoms with Crippen molar-refractivity contribution < 1.29 is 23.1 Å². The van der Waals surface area contributed by atoms with Crippen molar-refractivity contribution in [1.29, 1.82) is 0 Å². The van der Waals surface area contributed by atoms with E-state index in [1.54, 1.807) is 9.80 Å². The van der Waals surface area contributed by atoms with Crippen LogP contribution in [0.15, 0.2) is 36.4 Å². The summed E-state index contributed by atoms with van der Waals surface area (Å²) < 4.78 is 32.0. The summed E-state index contributed by atoms with van der Waals surface area (Å²) >= 11 is 1.42. The van der Waals surface area contributed by atoms with Gasteiger partial charge in [0, 0.05) is 25.0 Å². The van der Waals surface area contributed by atoms with Gasteiger partial charge in [-0.1, -0.05) is 23.8 Å². The molecule has 29 heavy (non-hydrogen) atoms. The van der Waals surface area contributed by atoms with Crippen LogP contribution in [0.3, 0.4) is 0 Å². The van der Waals surface area contributed by atoms with Crippen LogP contribution < -0.4 is 4.90 Å². The van der Waals surface area contributed by atoms with Crippen LogP contribution in [0.1, 0.15) is 16.7 Å². The summed E-state index contributed by atoms with van der Waals surface area (Å²) in [4.78, 5) is 28.4. The van der Waals surface area contributed by atoms with Crippen molar-refractivity contribution in [3.05, 3.63) is 64.7 Å². The van der Waals surface area contributed by atoms with Crippen LogP contribution in [-0.4, -0.2) is 42.7 Å². The quantitative estimate of drug-likeness (QED) is 0.765. The third kappa shape index (κ3) is 3.11. The summed E-state index contributed by atoms with van der Waals surface area (Å²) in [6.45, 7) is 2.34. The number of carbonyl (C=O) groups excluding carboxylic acids is 2. The van der Waals surface area contributed by atoms with Gasteiger partial charge in [0.1, 0.15) is 6.61 Å². The van der Waals surface area contributed by atoms with E-state index in [-0.39, 0.29) is 25.0 Å². The molecule has 8 heteroatoms. The van der Waals surface area contributed by atoms with Crippen LogP contribution in [0.5, 0.6) is 0 Å². The second kappa shape index (κ2) is 7.42. The van der Waals surface area contributed by atoms with E-state index in [1.807, 2.05) is 25.1 Å². The van der Waals surface area contributed by atoms with E-state index in [0.29, 0.717) is 23.5 Å². The van der Waals surface area contributed by atoms with Crippen molar-refractivity contribution in [2.45, 2.75) is 18.3 Å². The van der Waals surface area contributed by atoms with Gasteiger partial charge in [0.15, 0.2) is 16.5 Å². The lowest BCUT2D eigenvalue weighted by Gasteiger charge is -2.33. The van der Waals surface area contributed by atoms with Gasteiger partial charge in [0.25, 0.3) is 5.91 Å². The maximum Gasteiger partial charge on any atom is 0.268 e. The molecule has 152 valence electrons. The average molecular weight is 418 g/mol. The molecule has 1 atom stereocenters. The Labute approximate surface area is 171 Å². The van der Waals surface area contributed by atoms with Gasteiger partial charge in [-0.3, -0.25) is 9.59 Å². The molecule has 1 saturated heterocycles. The fourth-order valence-corrected chi connectivity index (χ4v) is 5.43. The Balaban J connectivity index is 1.79. The third-order valence-corrected chi connectivity index (χ3v) is 6.66. The molecule has 0 saturated carbocycles. The number of nitrogens with zero attached hydrogens (tertiary/aromatic N) is 2. The maximum absolute atomic E-state index is 13.7. The Morgan fingerprint density at radius 2 is 2.00 bits per heavy atom. The first-order chi connectivity index (χ1) is 13.9. The number of anilines is 1. The minimum absolute atomic E-state index is 0.0840. The molecule has 1 spiro atoms. The van der Waals surface area contributed by atoms with Crippen LogP contribution in [0, 0.1) is 18.6 Å². The van der Waals surface area contributed by atoms with Crippen molar-refractivity contribution in [3.8, 4) is 0 Å². The molecule has 0 bridgehead atoms. The first-order valence-electron chi connectivity index (χ1n) is 9.19. The highest BCUT2D eigenvalue weighted by atomic mass is 32.2. The molecule has 2 amide bonds. The number of halogens is 2. The zero-order chi connectivity index (χ0) is 20.8. The summed E-state index contributed by atoms with van der Waals surface area (Å²) in [5.41, 5.74) is 2.86. The smallest absolute Gasteiger partial charge is 0.268 e. The number of benzene rings is 2. The van der Waals surface area contributed by atoms with Crippen LogP contribution in [0.25, 0.3) is 0 Å². The Morgan fingerprint density at radius 1 is 1.21 bits per heavy atom. The topological polar surface area (TPSA) is 49.9 Å². The van der Waals surface area contributed by atoms with Gasteiger partial charge in [0.2, 0.25) is 5.91 Å². The summed E-state index contributed by atoms with van der Waals surface area (Å²) in [6, 6.07) is 9.26. The van der Waals surface area contributed by atoms with E-state index in [9.17, 15) is 18.4 Å². The molecular formula is C21H20F2N2O3S. The molecule has 1 fully saturated rings. The molecule has 2 aliphatic heterocycles.